The lowest BCUT2D eigenvalue weighted by Crippen LogP contribution is -2.33. The largest absolute Gasteiger partial charge is 0.419 e. The Morgan fingerprint density at radius 2 is 2.00 bits per heavy atom. The van der Waals surface area contributed by atoms with Gasteiger partial charge < -0.3 is 15.3 Å². The highest BCUT2D eigenvalue weighted by Gasteiger charge is 2.34. The number of nitrogens with zero attached hydrogens (tertiary/aromatic N) is 2. The molecule has 4 nitrogen and oxygen atoms in total. The zero-order valence-electron chi connectivity index (χ0n) is 13.9. The van der Waals surface area contributed by atoms with Crippen LogP contribution in [0.5, 0.6) is 0 Å². The molecule has 1 heterocycles. The van der Waals surface area contributed by atoms with E-state index in [1.165, 1.54) is 0 Å². The van der Waals surface area contributed by atoms with Crippen LogP contribution >= 0.6 is 11.3 Å². The van der Waals surface area contributed by atoms with Crippen LogP contribution in [0.3, 0.4) is 0 Å². The molecule has 2 N–H and O–H groups in total. The van der Waals surface area contributed by atoms with Crippen molar-refractivity contribution in [3.63, 3.8) is 0 Å². The lowest BCUT2D eigenvalue weighted by atomic mass is 10.2. The van der Waals surface area contributed by atoms with Crippen molar-refractivity contribution in [2.24, 2.45) is 0 Å². The molecule has 0 radical (unpaired) electrons. The fourth-order valence-electron chi connectivity index (χ4n) is 2.36. The smallest absolute Gasteiger partial charge is 0.395 e. The summed E-state index contributed by atoms with van der Waals surface area (Å²) in [6.07, 6.45) is -2.84. The summed E-state index contributed by atoms with van der Waals surface area (Å²) in [4.78, 5) is 6.28. The van der Waals surface area contributed by atoms with Crippen LogP contribution in [-0.4, -0.2) is 42.9 Å². The van der Waals surface area contributed by atoms with Crippen LogP contribution in [0, 0.1) is 5.82 Å². The van der Waals surface area contributed by atoms with E-state index in [9.17, 15) is 17.6 Å². The van der Waals surface area contributed by atoms with Crippen molar-refractivity contribution >= 4 is 26.7 Å². The molecule has 140 valence electrons. The molecule has 0 aliphatic carbocycles. The van der Waals surface area contributed by atoms with Gasteiger partial charge in [-0.25, -0.2) is 9.37 Å². The summed E-state index contributed by atoms with van der Waals surface area (Å²) in [5.41, 5.74) is -1.03. The Hall–Kier alpha value is -1.45. The number of nitrogens with one attached hydrogen (secondary N) is 1. The average Bonchev–Trinajstić information content (AvgIpc) is 2.95. The van der Waals surface area contributed by atoms with Crippen molar-refractivity contribution in [3.05, 3.63) is 23.5 Å². The Balaban J connectivity index is 2.26. The van der Waals surface area contributed by atoms with Crippen LogP contribution < -0.4 is 10.2 Å². The fraction of sp³-hybridized carbons (Fsp3) is 0.562. The number of fused-ring (bicyclic) bond motifs is 1. The number of aliphatic hydroxyl groups is 1. The normalized spacial score (nSPS) is 12.1. The quantitative estimate of drug-likeness (QED) is 0.516. The molecule has 1 aromatic carbocycles. The molecule has 2 rings (SSSR count). The van der Waals surface area contributed by atoms with Crippen molar-refractivity contribution in [1.82, 2.24) is 10.3 Å². The lowest BCUT2D eigenvalue weighted by Gasteiger charge is -2.21. The van der Waals surface area contributed by atoms with Gasteiger partial charge in [-0.05, 0) is 12.5 Å². The van der Waals surface area contributed by atoms with E-state index >= 15 is 0 Å². The molecule has 0 aliphatic heterocycles. The zero-order valence-corrected chi connectivity index (χ0v) is 14.7. The van der Waals surface area contributed by atoms with E-state index in [2.05, 4.69) is 10.3 Å². The highest BCUT2D eigenvalue weighted by atomic mass is 32.1. The predicted octanol–water partition coefficient (Wildman–Crippen LogP) is 3.64. The Morgan fingerprint density at radius 1 is 1.24 bits per heavy atom. The van der Waals surface area contributed by atoms with Gasteiger partial charge in [0.1, 0.15) is 5.82 Å². The second kappa shape index (κ2) is 8.77. The third-order valence-electron chi connectivity index (χ3n) is 3.67. The van der Waals surface area contributed by atoms with Gasteiger partial charge in [-0.2, -0.15) is 13.2 Å². The number of benzene rings is 1. The Kier molecular flexibility index (Phi) is 6.97. The molecule has 0 fully saturated rings. The van der Waals surface area contributed by atoms with Gasteiger partial charge in [0.05, 0.1) is 22.4 Å². The summed E-state index contributed by atoms with van der Waals surface area (Å²) in [6, 6.07) is 1.67. The molecule has 2 aromatic rings. The Bertz CT molecular complexity index is 690. The number of hydrogen-bond acceptors (Lipinski definition) is 5. The third kappa shape index (κ3) is 5.26. The number of hydrogen-bond donors (Lipinski definition) is 2. The number of aromatic nitrogens is 1. The van der Waals surface area contributed by atoms with E-state index in [0.29, 0.717) is 36.0 Å². The fourth-order valence-corrected chi connectivity index (χ4v) is 3.40. The maximum absolute atomic E-state index is 13.7. The SMILES string of the molecule is CCCCN(CCNCCO)c1nc2cc(F)c(C(F)(F)F)cc2s1. The van der Waals surface area contributed by atoms with Gasteiger partial charge in [0.15, 0.2) is 5.13 Å². The molecule has 0 atom stereocenters. The van der Waals surface area contributed by atoms with Crippen LogP contribution in [0.1, 0.15) is 25.3 Å². The first-order valence-corrected chi connectivity index (χ1v) is 8.92. The topological polar surface area (TPSA) is 48.4 Å². The summed E-state index contributed by atoms with van der Waals surface area (Å²) in [5, 5.41) is 12.4. The molecule has 0 saturated carbocycles. The highest BCUT2D eigenvalue weighted by Crippen LogP contribution is 2.37. The first-order valence-electron chi connectivity index (χ1n) is 8.10. The molecular weight excluding hydrogens is 358 g/mol. The second-order valence-electron chi connectivity index (χ2n) is 5.61. The monoisotopic (exact) mass is 379 g/mol. The molecule has 25 heavy (non-hydrogen) atoms. The molecule has 9 heteroatoms. The van der Waals surface area contributed by atoms with Crippen LogP contribution in [0.15, 0.2) is 12.1 Å². The summed E-state index contributed by atoms with van der Waals surface area (Å²) in [7, 11) is 0. The van der Waals surface area contributed by atoms with Crippen molar-refractivity contribution < 1.29 is 22.7 Å². The summed E-state index contributed by atoms with van der Waals surface area (Å²) >= 11 is 1.13. The van der Waals surface area contributed by atoms with Gasteiger partial charge in [0.2, 0.25) is 0 Å². The number of unbranched alkanes of at least 4 members (excludes halogenated alkanes) is 1. The maximum atomic E-state index is 13.7. The number of thiazole rings is 1. The van der Waals surface area contributed by atoms with Crippen molar-refractivity contribution in [2.45, 2.75) is 25.9 Å². The van der Waals surface area contributed by atoms with Gasteiger partial charge >= 0.3 is 6.18 Å². The minimum absolute atomic E-state index is 0.0373. The Labute approximate surface area is 147 Å². The highest BCUT2D eigenvalue weighted by molar-refractivity contribution is 7.22. The standard InChI is InChI=1S/C16H21F4N3OS/c1-2-3-6-23(7-4-21-5-8-24)15-22-13-10-12(17)11(16(18,19)20)9-14(13)25-15/h9-10,21,24H,2-8H2,1H3. The number of halogens is 4. The molecule has 0 unspecified atom stereocenters. The molecule has 0 saturated heterocycles. The average molecular weight is 379 g/mol. The number of anilines is 1. The number of aliphatic hydroxyl groups excluding tert-OH is 1. The third-order valence-corrected chi connectivity index (χ3v) is 4.75. The van der Waals surface area contributed by atoms with Gasteiger partial charge in [0, 0.05) is 32.2 Å². The van der Waals surface area contributed by atoms with E-state index in [4.69, 9.17) is 5.11 Å². The molecule has 0 spiro atoms. The van der Waals surface area contributed by atoms with Crippen LogP contribution in [0.25, 0.3) is 10.2 Å². The van der Waals surface area contributed by atoms with Crippen LogP contribution in [0.2, 0.25) is 0 Å². The van der Waals surface area contributed by atoms with Gasteiger partial charge in [0.25, 0.3) is 0 Å². The van der Waals surface area contributed by atoms with Gasteiger partial charge in [-0.15, -0.1) is 0 Å². The Morgan fingerprint density at radius 3 is 2.64 bits per heavy atom. The lowest BCUT2D eigenvalue weighted by molar-refractivity contribution is -0.139. The zero-order chi connectivity index (χ0) is 18.4. The van der Waals surface area contributed by atoms with Crippen molar-refractivity contribution in [1.29, 1.82) is 0 Å². The van der Waals surface area contributed by atoms with Crippen LogP contribution in [0.4, 0.5) is 22.7 Å². The summed E-state index contributed by atoms with van der Waals surface area (Å²) in [6.45, 7) is 4.49. The molecular formula is C16H21F4N3OS. The minimum Gasteiger partial charge on any atom is -0.395 e. The molecule has 1 aromatic heterocycles. The molecule has 0 aliphatic rings. The first-order chi connectivity index (χ1) is 11.9. The van der Waals surface area contributed by atoms with E-state index in [-0.39, 0.29) is 12.1 Å². The summed E-state index contributed by atoms with van der Waals surface area (Å²) < 4.78 is 52.6. The van der Waals surface area contributed by atoms with E-state index in [0.717, 1.165) is 36.3 Å². The maximum Gasteiger partial charge on any atom is 0.419 e. The van der Waals surface area contributed by atoms with Crippen LogP contribution in [-0.2, 0) is 6.18 Å². The van der Waals surface area contributed by atoms with Gasteiger partial charge in [-0.3, -0.25) is 0 Å². The van der Waals surface area contributed by atoms with Crippen molar-refractivity contribution in [2.75, 3.05) is 37.7 Å². The van der Waals surface area contributed by atoms with E-state index < -0.39 is 17.6 Å². The minimum atomic E-state index is -4.72. The number of rotatable bonds is 9. The van der Waals surface area contributed by atoms with E-state index in [1.54, 1.807) is 0 Å². The molecule has 0 bridgehead atoms. The van der Waals surface area contributed by atoms with Gasteiger partial charge in [-0.1, -0.05) is 24.7 Å². The van der Waals surface area contributed by atoms with Crippen molar-refractivity contribution in [3.8, 4) is 0 Å². The van der Waals surface area contributed by atoms with E-state index in [1.807, 2.05) is 11.8 Å². The molecule has 0 amide bonds. The number of alkyl halides is 3. The first kappa shape index (κ1) is 19.9. The predicted molar refractivity (Wildman–Crippen MR) is 91.7 cm³/mol. The summed E-state index contributed by atoms with van der Waals surface area (Å²) in [5.74, 6) is -1.30. The second-order valence-corrected chi connectivity index (χ2v) is 6.62.